The van der Waals surface area contributed by atoms with Crippen molar-refractivity contribution in [3.05, 3.63) is 41.3 Å². The highest BCUT2D eigenvalue weighted by atomic mass is 32.2. The lowest BCUT2D eigenvalue weighted by atomic mass is 10.1. The molecule has 0 fully saturated rings. The van der Waals surface area contributed by atoms with E-state index in [0.717, 1.165) is 22.5 Å². The summed E-state index contributed by atoms with van der Waals surface area (Å²) in [5.74, 6) is 0. The predicted molar refractivity (Wildman–Crippen MR) is 65.9 cm³/mol. The molecular weight excluding hydrogens is 242 g/mol. The Bertz CT molecular complexity index is 597. The first kappa shape index (κ1) is 11.3. The van der Waals surface area contributed by atoms with Gasteiger partial charge in [-0.1, -0.05) is 29.8 Å². The van der Waals surface area contributed by atoms with Crippen LogP contribution < -0.4 is 5.14 Å². The van der Waals surface area contributed by atoms with Gasteiger partial charge >= 0.3 is 0 Å². The molecule has 0 spiro atoms. The first-order chi connectivity index (χ1) is 7.48. The van der Waals surface area contributed by atoms with E-state index in [1.807, 2.05) is 31.2 Å². The molecular formula is C11H11NO2S2. The fourth-order valence-electron chi connectivity index (χ4n) is 1.46. The number of benzene rings is 1. The molecule has 0 saturated carbocycles. The third-order valence-electron chi connectivity index (χ3n) is 2.25. The molecule has 0 aliphatic heterocycles. The lowest BCUT2D eigenvalue weighted by Gasteiger charge is -2.02. The van der Waals surface area contributed by atoms with Crippen LogP contribution in [0.5, 0.6) is 0 Å². The van der Waals surface area contributed by atoms with Crippen LogP contribution in [0.3, 0.4) is 0 Å². The second kappa shape index (κ2) is 4.01. The van der Waals surface area contributed by atoms with Gasteiger partial charge in [0.05, 0.1) is 0 Å². The molecule has 2 rings (SSSR count). The zero-order valence-corrected chi connectivity index (χ0v) is 10.3. The smallest absolute Gasteiger partial charge is 0.224 e. The molecule has 0 amide bonds. The lowest BCUT2D eigenvalue weighted by Crippen LogP contribution is -2.11. The SMILES string of the molecule is Cc1ccc(-c2ccsc2S(N)(=O)=O)cc1. The summed E-state index contributed by atoms with van der Waals surface area (Å²) in [6, 6.07) is 9.45. The van der Waals surface area contributed by atoms with Crippen LogP contribution in [0.25, 0.3) is 11.1 Å². The van der Waals surface area contributed by atoms with E-state index in [1.54, 1.807) is 11.4 Å². The van der Waals surface area contributed by atoms with Crippen LogP contribution in [0.15, 0.2) is 39.9 Å². The molecule has 1 heterocycles. The summed E-state index contributed by atoms with van der Waals surface area (Å²) in [7, 11) is -3.63. The van der Waals surface area contributed by atoms with Crippen molar-refractivity contribution in [2.24, 2.45) is 5.14 Å². The topological polar surface area (TPSA) is 60.2 Å². The molecule has 5 heteroatoms. The number of hydrogen-bond acceptors (Lipinski definition) is 3. The molecule has 0 saturated heterocycles. The molecule has 0 bridgehead atoms. The average molecular weight is 253 g/mol. The van der Waals surface area contributed by atoms with Crippen LogP contribution in [0.1, 0.15) is 5.56 Å². The van der Waals surface area contributed by atoms with E-state index in [-0.39, 0.29) is 4.21 Å². The van der Waals surface area contributed by atoms with Crippen LogP contribution in [0.2, 0.25) is 0 Å². The van der Waals surface area contributed by atoms with Crippen molar-refractivity contribution in [2.45, 2.75) is 11.1 Å². The number of primary sulfonamides is 1. The molecule has 84 valence electrons. The van der Waals surface area contributed by atoms with Crippen molar-refractivity contribution >= 4 is 21.4 Å². The summed E-state index contributed by atoms with van der Waals surface area (Å²) in [6.07, 6.45) is 0. The van der Waals surface area contributed by atoms with Gasteiger partial charge in [-0.05, 0) is 23.9 Å². The summed E-state index contributed by atoms with van der Waals surface area (Å²) in [5.41, 5.74) is 2.68. The fraction of sp³-hybridized carbons (Fsp3) is 0.0909. The van der Waals surface area contributed by atoms with Crippen molar-refractivity contribution in [1.82, 2.24) is 0 Å². The van der Waals surface area contributed by atoms with Crippen LogP contribution in [-0.4, -0.2) is 8.42 Å². The van der Waals surface area contributed by atoms with Crippen molar-refractivity contribution in [2.75, 3.05) is 0 Å². The predicted octanol–water partition coefficient (Wildman–Crippen LogP) is 2.37. The third kappa shape index (κ3) is 2.16. The van der Waals surface area contributed by atoms with Gasteiger partial charge in [0.15, 0.2) is 0 Å². The molecule has 0 atom stereocenters. The second-order valence-corrected chi connectivity index (χ2v) is 6.21. The summed E-state index contributed by atoms with van der Waals surface area (Å²) < 4.78 is 22.9. The Labute approximate surface area is 98.6 Å². The number of sulfonamides is 1. The monoisotopic (exact) mass is 253 g/mol. The quantitative estimate of drug-likeness (QED) is 0.893. The summed E-state index contributed by atoms with van der Waals surface area (Å²) in [5, 5.41) is 6.88. The molecule has 0 unspecified atom stereocenters. The second-order valence-electron chi connectivity index (χ2n) is 3.53. The Kier molecular flexibility index (Phi) is 2.84. The van der Waals surface area contributed by atoms with E-state index in [0.29, 0.717) is 5.56 Å². The van der Waals surface area contributed by atoms with E-state index < -0.39 is 10.0 Å². The van der Waals surface area contributed by atoms with Gasteiger partial charge in [0.2, 0.25) is 10.0 Å². The number of aryl methyl sites for hydroxylation is 1. The van der Waals surface area contributed by atoms with Gasteiger partial charge in [-0.2, -0.15) is 0 Å². The Balaban J connectivity index is 2.58. The van der Waals surface area contributed by atoms with Crippen molar-refractivity contribution in [1.29, 1.82) is 0 Å². The minimum absolute atomic E-state index is 0.219. The highest BCUT2D eigenvalue weighted by molar-refractivity contribution is 7.91. The van der Waals surface area contributed by atoms with E-state index in [9.17, 15) is 8.42 Å². The van der Waals surface area contributed by atoms with Crippen LogP contribution in [-0.2, 0) is 10.0 Å². The van der Waals surface area contributed by atoms with E-state index in [1.165, 1.54) is 0 Å². The molecule has 1 aromatic heterocycles. The van der Waals surface area contributed by atoms with Gasteiger partial charge in [-0.3, -0.25) is 0 Å². The normalized spacial score (nSPS) is 11.6. The zero-order chi connectivity index (χ0) is 11.8. The molecule has 0 aliphatic rings. The first-order valence-electron chi connectivity index (χ1n) is 4.66. The number of hydrogen-bond donors (Lipinski definition) is 1. The fourth-order valence-corrected chi connectivity index (χ4v) is 3.30. The maximum atomic E-state index is 11.3. The average Bonchev–Trinajstić information content (AvgIpc) is 2.66. The van der Waals surface area contributed by atoms with Crippen LogP contribution >= 0.6 is 11.3 Å². The maximum Gasteiger partial charge on any atom is 0.248 e. The van der Waals surface area contributed by atoms with Crippen molar-refractivity contribution in [3.8, 4) is 11.1 Å². The van der Waals surface area contributed by atoms with Crippen LogP contribution in [0.4, 0.5) is 0 Å². The van der Waals surface area contributed by atoms with Gasteiger partial charge in [-0.15, -0.1) is 11.3 Å². The Hall–Kier alpha value is -1.17. The van der Waals surface area contributed by atoms with Gasteiger partial charge in [-0.25, -0.2) is 13.6 Å². The first-order valence-corrected chi connectivity index (χ1v) is 7.08. The van der Waals surface area contributed by atoms with Gasteiger partial charge in [0.1, 0.15) is 4.21 Å². The number of nitrogens with two attached hydrogens (primary N) is 1. The minimum Gasteiger partial charge on any atom is -0.224 e. The molecule has 2 N–H and O–H groups in total. The largest absolute Gasteiger partial charge is 0.248 e. The lowest BCUT2D eigenvalue weighted by molar-refractivity contribution is 0.600. The minimum atomic E-state index is -3.63. The summed E-state index contributed by atoms with van der Waals surface area (Å²) in [6.45, 7) is 1.98. The zero-order valence-electron chi connectivity index (χ0n) is 8.67. The summed E-state index contributed by atoms with van der Waals surface area (Å²) >= 11 is 1.14. The van der Waals surface area contributed by atoms with E-state index in [4.69, 9.17) is 5.14 Å². The molecule has 3 nitrogen and oxygen atoms in total. The molecule has 1 aromatic carbocycles. The van der Waals surface area contributed by atoms with Gasteiger partial charge in [0.25, 0.3) is 0 Å². The van der Waals surface area contributed by atoms with Gasteiger partial charge < -0.3 is 0 Å². The van der Waals surface area contributed by atoms with Crippen molar-refractivity contribution in [3.63, 3.8) is 0 Å². The maximum absolute atomic E-state index is 11.3. The standard InChI is InChI=1S/C11H11NO2S2/c1-8-2-4-9(5-3-8)10-6-7-15-11(10)16(12,13)14/h2-7H,1H3,(H2,12,13,14). The molecule has 16 heavy (non-hydrogen) atoms. The highest BCUT2D eigenvalue weighted by Crippen LogP contribution is 2.31. The van der Waals surface area contributed by atoms with Crippen LogP contribution in [0, 0.1) is 6.92 Å². The number of thiophene rings is 1. The van der Waals surface area contributed by atoms with Crippen molar-refractivity contribution < 1.29 is 8.42 Å². The Morgan fingerprint density at radius 1 is 1.12 bits per heavy atom. The molecule has 0 aliphatic carbocycles. The third-order valence-corrected chi connectivity index (χ3v) is 4.68. The number of rotatable bonds is 2. The summed E-state index contributed by atoms with van der Waals surface area (Å²) in [4.78, 5) is 0. The Morgan fingerprint density at radius 3 is 2.31 bits per heavy atom. The van der Waals surface area contributed by atoms with E-state index in [2.05, 4.69) is 0 Å². The van der Waals surface area contributed by atoms with E-state index >= 15 is 0 Å². The molecule has 2 aromatic rings. The Morgan fingerprint density at radius 2 is 1.75 bits per heavy atom. The van der Waals surface area contributed by atoms with Gasteiger partial charge in [0, 0.05) is 5.56 Å². The molecule has 0 radical (unpaired) electrons. The highest BCUT2D eigenvalue weighted by Gasteiger charge is 2.16.